The van der Waals surface area contributed by atoms with Gasteiger partial charge in [0.25, 0.3) is 0 Å². The van der Waals surface area contributed by atoms with Gasteiger partial charge in [-0.3, -0.25) is 5.32 Å². The molecule has 0 radical (unpaired) electrons. The number of hydrogen-bond donors (Lipinski definition) is 4. The average Bonchev–Trinajstić information content (AvgIpc) is 2.35. The fourth-order valence-electron chi connectivity index (χ4n) is 1.34. The summed E-state index contributed by atoms with van der Waals surface area (Å²) >= 11 is 0. The maximum Gasteiger partial charge on any atom is 0.334 e. The number of aliphatic hydroxyl groups is 1. The van der Waals surface area contributed by atoms with E-state index in [1.807, 2.05) is 6.55 Å². The van der Waals surface area contributed by atoms with E-state index in [2.05, 4.69) is 10.6 Å². The Labute approximate surface area is 105 Å². The zero-order valence-corrected chi connectivity index (χ0v) is 12.2. The van der Waals surface area contributed by atoms with Crippen LogP contribution in [0.4, 0.5) is 0 Å². The van der Waals surface area contributed by atoms with Gasteiger partial charge in [0.1, 0.15) is 6.23 Å². The zero-order valence-electron chi connectivity index (χ0n) is 11.2. The van der Waals surface area contributed by atoms with Crippen molar-refractivity contribution in [2.75, 3.05) is 40.4 Å². The number of hydrogen-bond acceptors (Lipinski definition) is 6. The summed E-state index contributed by atoms with van der Waals surface area (Å²) in [6.45, 7) is 4.95. The fraction of sp³-hybridized carbons (Fsp3) is 1.00. The Balaban J connectivity index is 3.55. The molecule has 0 saturated carbocycles. The van der Waals surface area contributed by atoms with Crippen LogP contribution in [-0.4, -0.2) is 60.3 Å². The molecule has 0 amide bonds. The van der Waals surface area contributed by atoms with Crippen LogP contribution in [0.2, 0.25) is 12.6 Å². The van der Waals surface area contributed by atoms with E-state index in [1.165, 1.54) is 0 Å². The van der Waals surface area contributed by atoms with Gasteiger partial charge in [-0.05, 0) is 19.0 Å². The molecular weight excluding hydrogens is 238 g/mol. The molecular formula is C10H27N3O3Si. The van der Waals surface area contributed by atoms with Crippen molar-refractivity contribution in [2.45, 2.75) is 25.2 Å². The normalized spacial score (nSPS) is 13.9. The summed E-state index contributed by atoms with van der Waals surface area (Å²) in [4.78, 5) is 0. The summed E-state index contributed by atoms with van der Waals surface area (Å²) in [5, 5.41) is 15.9. The van der Waals surface area contributed by atoms with E-state index in [1.54, 1.807) is 14.2 Å². The molecule has 0 heterocycles. The Kier molecular flexibility index (Phi) is 9.94. The third kappa shape index (κ3) is 8.67. The van der Waals surface area contributed by atoms with Crippen LogP contribution >= 0.6 is 0 Å². The molecule has 0 rings (SSSR count). The number of nitrogens with two attached hydrogens (primary N) is 1. The van der Waals surface area contributed by atoms with Gasteiger partial charge in [-0.25, -0.2) is 0 Å². The van der Waals surface area contributed by atoms with E-state index >= 15 is 0 Å². The molecule has 5 N–H and O–H groups in total. The van der Waals surface area contributed by atoms with E-state index in [0.717, 1.165) is 25.7 Å². The first-order valence-corrected chi connectivity index (χ1v) is 8.53. The predicted molar refractivity (Wildman–Crippen MR) is 71.0 cm³/mol. The molecule has 0 aromatic heterocycles. The molecule has 1 unspecified atom stereocenters. The van der Waals surface area contributed by atoms with Crippen LogP contribution in [0.25, 0.3) is 0 Å². The third-order valence-corrected chi connectivity index (χ3v) is 5.66. The van der Waals surface area contributed by atoms with E-state index in [9.17, 15) is 5.11 Å². The van der Waals surface area contributed by atoms with Gasteiger partial charge in [-0.15, -0.1) is 0 Å². The average molecular weight is 265 g/mol. The van der Waals surface area contributed by atoms with Crippen LogP contribution in [0.3, 0.4) is 0 Å². The Hall–Kier alpha value is -0.0231. The summed E-state index contributed by atoms with van der Waals surface area (Å²) in [6.07, 6.45) is 0.133. The van der Waals surface area contributed by atoms with Crippen LogP contribution in [-0.2, 0) is 8.85 Å². The summed E-state index contributed by atoms with van der Waals surface area (Å²) in [5.74, 6) is 0. The SMILES string of the molecule is CO[Si](C)(CCC(O)NCCNCCN)OC. The second-order valence-electron chi connectivity index (χ2n) is 4.09. The minimum atomic E-state index is -2.05. The van der Waals surface area contributed by atoms with Crippen molar-refractivity contribution >= 4 is 8.56 Å². The Morgan fingerprint density at radius 2 is 1.88 bits per heavy atom. The monoisotopic (exact) mass is 265 g/mol. The molecule has 1 atom stereocenters. The zero-order chi connectivity index (χ0) is 13.1. The van der Waals surface area contributed by atoms with E-state index in [4.69, 9.17) is 14.6 Å². The molecule has 7 heteroatoms. The third-order valence-electron chi connectivity index (χ3n) is 2.74. The second-order valence-corrected chi connectivity index (χ2v) is 7.67. The lowest BCUT2D eigenvalue weighted by Crippen LogP contribution is -2.40. The van der Waals surface area contributed by atoms with Gasteiger partial charge in [-0.2, -0.15) is 0 Å². The summed E-state index contributed by atoms with van der Waals surface area (Å²) in [5.41, 5.74) is 5.34. The van der Waals surface area contributed by atoms with Crippen molar-refractivity contribution < 1.29 is 14.0 Å². The van der Waals surface area contributed by atoms with Crippen LogP contribution < -0.4 is 16.4 Å². The Morgan fingerprint density at radius 3 is 2.41 bits per heavy atom. The predicted octanol–water partition coefficient (Wildman–Crippen LogP) is -0.802. The highest BCUT2D eigenvalue weighted by molar-refractivity contribution is 6.65. The molecule has 17 heavy (non-hydrogen) atoms. The summed E-state index contributed by atoms with van der Waals surface area (Å²) < 4.78 is 10.7. The molecule has 0 fully saturated rings. The lowest BCUT2D eigenvalue weighted by molar-refractivity contribution is 0.128. The number of aliphatic hydroxyl groups excluding tert-OH is 1. The highest BCUT2D eigenvalue weighted by Crippen LogP contribution is 2.14. The first-order chi connectivity index (χ1) is 8.08. The van der Waals surface area contributed by atoms with Crippen LogP contribution in [0.15, 0.2) is 0 Å². The van der Waals surface area contributed by atoms with Crippen LogP contribution in [0, 0.1) is 0 Å². The molecule has 6 nitrogen and oxygen atoms in total. The van der Waals surface area contributed by atoms with Gasteiger partial charge in [0.2, 0.25) is 0 Å². The van der Waals surface area contributed by atoms with Crippen molar-refractivity contribution in [1.82, 2.24) is 10.6 Å². The van der Waals surface area contributed by atoms with Crippen LogP contribution in [0.1, 0.15) is 6.42 Å². The second kappa shape index (κ2) is 9.95. The van der Waals surface area contributed by atoms with Crippen molar-refractivity contribution in [3.63, 3.8) is 0 Å². The van der Waals surface area contributed by atoms with Crippen LogP contribution in [0.5, 0.6) is 0 Å². The van der Waals surface area contributed by atoms with E-state index in [-0.39, 0.29) is 0 Å². The molecule has 0 aromatic rings. The quantitative estimate of drug-likeness (QED) is 0.222. The minimum absolute atomic E-state index is 0.508. The lowest BCUT2D eigenvalue weighted by atomic mass is 10.4. The standard InChI is InChI=1S/C10H27N3O3Si/c1-15-17(3,16-2)9-4-10(14)13-8-7-12-6-5-11/h10,12-14H,4-9,11H2,1-3H3. The summed E-state index contributed by atoms with van der Waals surface area (Å²) in [7, 11) is 1.27. The van der Waals surface area contributed by atoms with Crippen molar-refractivity contribution in [1.29, 1.82) is 0 Å². The fourth-order valence-corrected chi connectivity index (χ4v) is 2.72. The van der Waals surface area contributed by atoms with Gasteiger partial charge in [0, 0.05) is 40.4 Å². The molecule has 0 bridgehead atoms. The largest absolute Gasteiger partial charge is 0.398 e. The minimum Gasteiger partial charge on any atom is -0.398 e. The van der Waals surface area contributed by atoms with Gasteiger partial charge in [0.15, 0.2) is 0 Å². The highest BCUT2D eigenvalue weighted by atomic mass is 28.4. The van der Waals surface area contributed by atoms with Crippen molar-refractivity contribution in [3.05, 3.63) is 0 Å². The molecule has 0 aliphatic heterocycles. The molecule has 104 valence electrons. The highest BCUT2D eigenvalue weighted by Gasteiger charge is 2.28. The maximum atomic E-state index is 9.71. The molecule has 0 aromatic carbocycles. The van der Waals surface area contributed by atoms with E-state index < -0.39 is 14.8 Å². The first kappa shape index (κ1) is 17.0. The topological polar surface area (TPSA) is 88.8 Å². The molecule has 0 aliphatic carbocycles. The summed E-state index contributed by atoms with van der Waals surface area (Å²) in [6, 6.07) is 0.768. The smallest absolute Gasteiger partial charge is 0.334 e. The Bertz CT molecular complexity index is 182. The van der Waals surface area contributed by atoms with Gasteiger partial charge in [-0.1, -0.05) is 0 Å². The number of rotatable bonds is 11. The molecule has 0 spiro atoms. The molecule has 0 saturated heterocycles. The van der Waals surface area contributed by atoms with Gasteiger partial charge in [0.05, 0.1) is 0 Å². The van der Waals surface area contributed by atoms with Gasteiger partial charge < -0.3 is 25.0 Å². The first-order valence-electron chi connectivity index (χ1n) is 6.00. The maximum absolute atomic E-state index is 9.71. The lowest BCUT2D eigenvalue weighted by Gasteiger charge is -2.24. The van der Waals surface area contributed by atoms with Crippen molar-refractivity contribution in [3.8, 4) is 0 Å². The Morgan fingerprint density at radius 1 is 1.24 bits per heavy atom. The molecule has 0 aliphatic rings. The van der Waals surface area contributed by atoms with Crippen molar-refractivity contribution in [2.24, 2.45) is 5.73 Å². The number of nitrogens with one attached hydrogen (secondary N) is 2. The van der Waals surface area contributed by atoms with Gasteiger partial charge >= 0.3 is 8.56 Å². The van der Waals surface area contributed by atoms with E-state index in [0.29, 0.717) is 13.0 Å².